The minimum absolute atomic E-state index is 0.0629. The van der Waals surface area contributed by atoms with Gasteiger partial charge in [0.1, 0.15) is 0 Å². The summed E-state index contributed by atoms with van der Waals surface area (Å²) < 4.78 is 0. The van der Waals surface area contributed by atoms with E-state index in [1.54, 1.807) is 19.0 Å². The van der Waals surface area contributed by atoms with Gasteiger partial charge in [-0.05, 0) is 19.2 Å². The molecule has 0 aliphatic rings. The highest BCUT2D eigenvalue weighted by molar-refractivity contribution is 6.31. The van der Waals surface area contributed by atoms with Crippen LogP contribution in [0.25, 0.3) is 0 Å². The SMILES string of the molecule is CNCc1c(Cl)cccc1N(C)CC(=O)N(C)C. The van der Waals surface area contributed by atoms with Gasteiger partial charge in [0, 0.05) is 44.0 Å². The predicted octanol–water partition coefficient (Wildman–Crippen LogP) is 1.58. The van der Waals surface area contributed by atoms with Crippen LogP contribution in [0.15, 0.2) is 18.2 Å². The summed E-state index contributed by atoms with van der Waals surface area (Å²) in [5.74, 6) is 0.0629. The molecule has 0 atom stereocenters. The van der Waals surface area contributed by atoms with Crippen LogP contribution in [0.4, 0.5) is 5.69 Å². The van der Waals surface area contributed by atoms with E-state index in [0.717, 1.165) is 11.3 Å². The Morgan fingerprint density at radius 1 is 1.33 bits per heavy atom. The van der Waals surface area contributed by atoms with Crippen LogP contribution in [0.2, 0.25) is 5.02 Å². The van der Waals surface area contributed by atoms with Gasteiger partial charge in [-0.1, -0.05) is 17.7 Å². The number of anilines is 1. The van der Waals surface area contributed by atoms with Crippen LogP contribution in [-0.2, 0) is 11.3 Å². The van der Waals surface area contributed by atoms with Crippen molar-refractivity contribution < 1.29 is 4.79 Å². The number of carbonyl (C=O) groups is 1. The molecule has 0 heterocycles. The largest absolute Gasteiger partial charge is 0.365 e. The van der Waals surface area contributed by atoms with Crippen molar-refractivity contribution in [1.82, 2.24) is 10.2 Å². The van der Waals surface area contributed by atoms with Crippen molar-refractivity contribution >= 4 is 23.2 Å². The molecule has 4 nitrogen and oxygen atoms in total. The summed E-state index contributed by atoms with van der Waals surface area (Å²) in [6.07, 6.45) is 0. The van der Waals surface area contributed by atoms with Gasteiger partial charge in [-0.3, -0.25) is 4.79 Å². The van der Waals surface area contributed by atoms with Gasteiger partial charge < -0.3 is 15.1 Å². The molecule has 18 heavy (non-hydrogen) atoms. The van der Waals surface area contributed by atoms with Crippen LogP contribution in [-0.4, -0.2) is 45.5 Å². The first-order valence-corrected chi connectivity index (χ1v) is 6.18. The molecule has 100 valence electrons. The highest BCUT2D eigenvalue weighted by Gasteiger charge is 2.13. The van der Waals surface area contributed by atoms with E-state index in [-0.39, 0.29) is 5.91 Å². The molecule has 0 aromatic heterocycles. The fraction of sp³-hybridized carbons (Fsp3) is 0.462. The zero-order valence-electron chi connectivity index (χ0n) is 11.3. The molecule has 0 bridgehead atoms. The van der Waals surface area contributed by atoms with E-state index in [0.29, 0.717) is 18.1 Å². The van der Waals surface area contributed by atoms with E-state index in [9.17, 15) is 4.79 Å². The Balaban J connectivity index is 2.94. The number of amides is 1. The van der Waals surface area contributed by atoms with E-state index < -0.39 is 0 Å². The normalized spacial score (nSPS) is 10.3. The monoisotopic (exact) mass is 269 g/mol. The van der Waals surface area contributed by atoms with Crippen molar-refractivity contribution in [3.8, 4) is 0 Å². The van der Waals surface area contributed by atoms with Crippen molar-refractivity contribution in [3.05, 3.63) is 28.8 Å². The van der Waals surface area contributed by atoms with Crippen LogP contribution in [0, 0.1) is 0 Å². The van der Waals surface area contributed by atoms with E-state index in [2.05, 4.69) is 5.32 Å². The molecule has 0 saturated heterocycles. The van der Waals surface area contributed by atoms with Crippen molar-refractivity contribution in [1.29, 1.82) is 0 Å². The van der Waals surface area contributed by atoms with Gasteiger partial charge in [0.2, 0.25) is 5.91 Å². The Labute approximate surface area is 114 Å². The van der Waals surface area contributed by atoms with E-state index in [1.165, 1.54) is 0 Å². The molecule has 0 unspecified atom stereocenters. The molecule has 1 rings (SSSR count). The summed E-state index contributed by atoms with van der Waals surface area (Å²) >= 11 is 6.19. The fourth-order valence-corrected chi connectivity index (χ4v) is 1.92. The van der Waals surface area contributed by atoms with Gasteiger partial charge in [-0.15, -0.1) is 0 Å². The third-order valence-electron chi connectivity index (χ3n) is 2.73. The Hall–Kier alpha value is -1.26. The zero-order chi connectivity index (χ0) is 13.7. The van der Waals surface area contributed by atoms with Gasteiger partial charge in [0.05, 0.1) is 6.54 Å². The second-order valence-corrected chi connectivity index (χ2v) is 4.82. The lowest BCUT2D eigenvalue weighted by Crippen LogP contribution is -2.35. The van der Waals surface area contributed by atoms with E-state index in [4.69, 9.17) is 11.6 Å². The lowest BCUT2D eigenvalue weighted by molar-refractivity contribution is -0.127. The third kappa shape index (κ3) is 3.62. The topological polar surface area (TPSA) is 35.6 Å². The van der Waals surface area contributed by atoms with Gasteiger partial charge in [0.15, 0.2) is 0 Å². The quantitative estimate of drug-likeness (QED) is 0.882. The first-order chi connectivity index (χ1) is 8.47. The number of nitrogens with one attached hydrogen (secondary N) is 1. The minimum Gasteiger partial charge on any atom is -0.365 e. The molecule has 1 amide bonds. The maximum atomic E-state index is 11.7. The molecule has 1 aromatic rings. The molecule has 0 aliphatic carbocycles. The molecule has 0 saturated carbocycles. The Morgan fingerprint density at radius 3 is 2.56 bits per heavy atom. The number of hydrogen-bond donors (Lipinski definition) is 1. The summed E-state index contributed by atoms with van der Waals surface area (Å²) in [5.41, 5.74) is 1.99. The summed E-state index contributed by atoms with van der Waals surface area (Å²) in [5, 5.41) is 3.80. The molecule has 0 radical (unpaired) electrons. The first kappa shape index (κ1) is 14.8. The number of benzene rings is 1. The van der Waals surface area contributed by atoms with Gasteiger partial charge in [-0.25, -0.2) is 0 Å². The summed E-state index contributed by atoms with van der Waals surface area (Å²) in [7, 11) is 7.27. The smallest absolute Gasteiger partial charge is 0.241 e. The summed E-state index contributed by atoms with van der Waals surface area (Å²) in [6.45, 7) is 1.01. The van der Waals surface area contributed by atoms with Crippen LogP contribution >= 0.6 is 11.6 Å². The Bertz CT molecular complexity index is 421. The second kappa shape index (κ2) is 6.61. The second-order valence-electron chi connectivity index (χ2n) is 4.41. The summed E-state index contributed by atoms with van der Waals surface area (Å²) in [6, 6.07) is 5.73. The van der Waals surface area contributed by atoms with Gasteiger partial charge in [0.25, 0.3) is 0 Å². The van der Waals surface area contributed by atoms with Crippen LogP contribution in [0.3, 0.4) is 0 Å². The fourth-order valence-electron chi connectivity index (χ4n) is 1.69. The lowest BCUT2D eigenvalue weighted by Gasteiger charge is -2.24. The third-order valence-corrected chi connectivity index (χ3v) is 3.08. The first-order valence-electron chi connectivity index (χ1n) is 5.80. The molecule has 1 N–H and O–H groups in total. The zero-order valence-corrected chi connectivity index (χ0v) is 12.1. The number of rotatable bonds is 5. The van der Waals surface area contributed by atoms with Gasteiger partial charge >= 0.3 is 0 Å². The Kier molecular flexibility index (Phi) is 5.44. The molecular formula is C13H20ClN3O. The molecular weight excluding hydrogens is 250 g/mol. The standard InChI is InChI=1S/C13H20ClN3O/c1-15-8-10-11(14)6-5-7-12(10)17(4)9-13(18)16(2)3/h5-7,15H,8-9H2,1-4H3. The average Bonchev–Trinajstić information content (AvgIpc) is 2.31. The highest BCUT2D eigenvalue weighted by Crippen LogP contribution is 2.26. The lowest BCUT2D eigenvalue weighted by atomic mass is 10.1. The number of carbonyl (C=O) groups excluding carboxylic acids is 1. The molecule has 0 fully saturated rings. The average molecular weight is 270 g/mol. The van der Waals surface area contributed by atoms with Crippen molar-refractivity contribution in [3.63, 3.8) is 0 Å². The number of hydrogen-bond acceptors (Lipinski definition) is 3. The highest BCUT2D eigenvalue weighted by atomic mass is 35.5. The van der Waals surface area contributed by atoms with Crippen molar-refractivity contribution in [2.75, 3.05) is 39.6 Å². The maximum absolute atomic E-state index is 11.7. The number of likely N-dealkylation sites (N-methyl/N-ethyl adjacent to an activating group) is 2. The van der Waals surface area contributed by atoms with Crippen molar-refractivity contribution in [2.45, 2.75) is 6.54 Å². The molecule has 0 aliphatic heterocycles. The molecule has 5 heteroatoms. The van der Waals surface area contributed by atoms with Crippen LogP contribution < -0.4 is 10.2 Å². The van der Waals surface area contributed by atoms with E-state index in [1.807, 2.05) is 37.2 Å². The van der Waals surface area contributed by atoms with Crippen LogP contribution in [0.1, 0.15) is 5.56 Å². The van der Waals surface area contributed by atoms with Crippen LogP contribution in [0.5, 0.6) is 0 Å². The Morgan fingerprint density at radius 2 is 2.00 bits per heavy atom. The predicted molar refractivity (Wildman–Crippen MR) is 76.2 cm³/mol. The number of nitrogens with zero attached hydrogens (tertiary/aromatic N) is 2. The van der Waals surface area contributed by atoms with Gasteiger partial charge in [-0.2, -0.15) is 0 Å². The van der Waals surface area contributed by atoms with E-state index >= 15 is 0 Å². The molecule has 1 aromatic carbocycles. The maximum Gasteiger partial charge on any atom is 0.241 e. The minimum atomic E-state index is 0.0629. The van der Waals surface area contributed by atoms with Crippen molar-refractivity contribution in [2.24, 2.45) is 0 Å². The summed E-state index contributed by atoms with van der Waals surface area (Å²) in [4.78, 5) is 15.2. The number of halogens is 1. The molecule has 0 spiro atoms.